The Labute approximate surface area is 93.3 Å². The van der Waals surface area contributed by atoms with E-state index in [2.05, 4.69) is 28.0 Å². The third-order valence-corrected chi connectivity index (χ3v) is 3.01. The monoisotopic (exact) mass is 260 g/mol. The maximum Gasteiger partial charge on any atom is 0.104 e. The summed E-state index contributed by atoms with van der Waals surface area (Å²) in [4.78, 5) is 0. The number of aryl methyl sites for hydroxylation is 1. The van der Waals surface area contributed by atoms with Crippen LogP contribution in [-0.4, -0.2) is 14.9 Å². The van der Waals surface area contributed by atoms with Gasteiger partial charge in [0.25, 0.3) is 0 Å². The predicted molar refractivity (Wildman–Crippen MR) is 60.1 cm³/mol. The van der Waals surface area contributed by atoms with Crippen LogP contribution in [0.25, 0.3) is 0 Å². The molecule has 80 valence electrons. The Morgan fingerprint density at radius 3 is 2.71 bits per heavy atom. The minimum Gasteiger partial charge on any atom is -0.384 e. The van der Waals surface area contributed by atoms with E-state index in [1.807, 2.05) is 18.5 Å². The second-order valence-corrected chi connectivity index (χ2v) is 4.55. The van der Waals surface area contributed by atoms with Gasteiger partial charge in [-0.1, -0.05) is 13.8 Å². The van der Waals surface area contributed by atoms with E-state index in [0.29, 0.717) is 6.42 Å². The van der Waals surface area contributed by atoms with E-state index in [0.717, 1.165) is 23.1 Å². The Balaban J connectivity index is 3.10. The highest BCUT2D eigenvalue weighted by atomic mass is 79.9. The average Bonchev–Trinajstić information content (AvgIpc) is 2.48. The van der Waals surface area contributed by atoms with Gasteiger partial charge < -0.3 is 5.11 Å². The maximum absolute atomic E-state index is 10.2. The number of hydrogen-bond acceptors (Lipinski definition) is 2. The zero-order chi connectivity index (χ0) is 10.8. The zero-order valence-electron chi connectivity index (χ0n) is 8.92. The van der Waals surface area contributed by atoms with Crippen molar-refractivity contribution in [2.45, 2.75) is 45.8 Å². The molecule has 14 heavy (non-hydrogen) atoms. The molecule has 0 saturated heterocycles. The molecule has 0 aliphatic rings. The van der Waals surface area contributed by atoms with Gasteiger partial charge in [-0.05, 0) is 35.7 Å². The van der Waals surface area contributed by atoms with Crippen molar-refractivity contribution in [3.05, 3.63) is 16.4 Å². The van der Waals surface area contributed by atoms with Gasteiger partial charge in [0.05, 0.1) is 16.4 Å². The molecular formula is C10H17BrN2O. The van der Waals surface area contributed by atoms with Gasteiger partial charge in [-0.25, -0.2) is 0 Å². The van der Waals surface area contributed by atoms with E-state index in [1.54, 1.807) is 6.20 Å². The zero-order valence-corrected chi connectivity index (χ0v) is 10.5. The van der Waals surface area contributed by atoms with Gasteiger partial charge in [0.2, 0.25) is 0 Å². The normalized spacial score (nSPS) is 15.5. The quantitative estimate of drug-likeness (QED) is 0.904. The lowest BCUT2D eigenvalue weighted by molar-refractivity contribution is 0.0426. The van der Waals surface area contributed by atoms with E-state index >= 15 is 0 Å². The summed E-state index contributed by atoms with van der Waals surface area (Å²) in [5, 5.41) is 14.4. The van der Waals surface area contributed by atoms with Gasteiger partial charge in [0.1, 0.15) is 5.60 Å². The molecule has 0 aliphatic carbocycles. The molecule has 0 saturated carbocycles. The molecule has 0 aromatic carbocycles. The van der Waals surface area contributed by atoms with Crippen molar-refractivity contribution < 1.29 is 5.11 Å². The lowest BCUT2D eigenvalue weighted by atomic mass is 9.99. The van der Waals surface area contributed by atoms with Gasteiger partial charge in [-0.2, -0.15) is 5.10 Å². The second kappa shape index (κ2) is 4.45. The minimum absolute atomic E-state index is 0.682. The molecule has 1 unspecified atom stereocenters. The summed E-state index contributed by atoms with van der Waals surface area (Å²) in [6, 6.07) is 0. The van der Waals surface area contributed by atoms with Crippen LogP contribution in [0.2, 0.25) is 0 Å². The summed E-state index contributed by atoms with van der Waals surface area (Å²) in [6.07, 6.45) is 3.44. The topological polar surface area (TPSA) is 38.0 Å². The Bertz CT molecular complexity index is 307. The molecule has 0 bridgehead atoms. The fourth-order valence-corrected chi connectivity index (χ4v) is 2.17. The van der Waals surface area contributed by atoms with Crippen molar-refractivity contribution in [1.29, 1.82) is 0 Å². The van der Waals surface area contributed by atoms with E-state index in [-0.39, 0.29) is 0 Å². The van der Waals surface area contributed by atoms with E-state index < -0.39 is 5.60 Å². The summed E-state index contributed by atoms with van der Waals surface area (Å²) < 4.78 is 2.76. The molecule has 1 aromatic rings. The number of nitrogens with zero attached hydrogens (tertiary/aromatic N) is 2. The van der Waals surface area contributed by atoms with Gasteiger partial charge in [0, 0.05) is 6.54 Å². The van der Waals surface area contributed by atoms with Gasteiger partial charge in [-0.15, -0.1) is 0 Å². The summed E-state index contributed by atoms with van der Waals surface area (Å²) >= 11 is 3.42. The highest BCUT2D eigenvalue weighted by molar-refractivity contribution is 9.10. The molecule has 1 heterocycles. The summed E-state index contributed by atoms with van der Waals surface area (Å²) in [7, 11) is 0. The van der Waals surface area contributed by atoms with Crippen LogP contribution >= 0.6 is 15.9 Å². The summed E-state index contributed by atoms with van der Waals surface area (Å²) in [5.74, 6) is 0. The van der Waals surface area contributed by atoms with Crippen molar-refractivity contribution in [3.63, 3.8) is 0 Å². The van der Waals surface area contributed by atoms with Gasteiger partial charge >= 0.3 is 0 Å². The summed E-state index contributed by atoms with van der Waals surface area (Å²) in [6.45, 7) is 6.73. The van der Waals surface area contributed by atoms with Crippen LogP contribution in [0.3, 0.4) is 0 Å². The number of aromatic nitrogens is 2. The van der Waals surface area contributed by atoms with Gasteiger partial charge in [-0.3, -0.25) is 4.68 Å². The molecule has 0 amide bonds. The third-order valence-electron chi connectivity index (χ3n) is 2.43. The molecule has 4 heteroatoms. The molecule has 0 spiro atoms. The third kappa shape index (κ3) is 2.17. The lowest BCUT2D eigenvalue weighted by Gasteiger charge is -2.23. The minimum atomic E-state index is -0.801. The number of halogens is 1. The fourth-order valence-electron chi connectivity index (χ4n) is 1.45. The van der Waals surface area contributed by atoms with Crippen LogP contribution in [0, 0.1) is 0 Å². The van der Waals surface area contributed by atoms with Crippen LogP contribution in [0.5, 0.6) is 0 Å². The maximum atomic E-state index is 10.2. The van der Waals surface area contributed by atoms with Crippen LogP contribution in [0.1, 0.15) is 39.3 Å². The first-order valence-corrected chi connectivity index (χ1v) is 5.76. The molecule has 0 fully saturated rings. The van der Waals surface area contributed by atoms with Crippen molar-refractivity contribution in [2.24, 2.45) is 0 Å². The molecule has 1 N–H and O–H groups in total. The molecular weight excluding hydrogens is 244 g/mol. The molecule has 1 aromatic heterocycles. The SMILES string of the molecule is CCCn1ncc(Br)c1C(C)(O)CC. The van der Waals surface area contributed by atoms with Crippen molar-refractivity contribution in [3.8, 4) is 0 Å². The number of aliphatic hydroxyl groups is 1. The number of hydrogen-bond donors (Lipinski definition) is 1. The van der Waals surface area contributed by atoms with Crippen LogP contribution in [-0.2, 0) is 12.1 Å². The lowest BCUT2D eigenvalue weighted by Crippen LogP contribution is -2.25. The largest absolute Gasteiger partial charge is 0.384 e. The first kappa shape index (κ1) is 11.7. The predicted octanol–water partition coefficient (Wildman–Crippen LogP) is 2.67. The molecule has 3 nitrogen and oxygen atoms in total. The molecule has 0 radical (unpaired) electrons. The van der Waals surface area contributed by atoms with Crippen molar-refractivity contribution in [1.82, 2.24) is 9.78 Å². The Morgan fingerprint density at radius 1 is 1.57 bits per heavy atom. The Kier molecular flexibility index (Phi) is 3.72. The van der Waals surface area contributed by atoms with Crippen LogP contribution in [0.15, 0.2) is 10.7 Å². The van der Waals surface area contributed by atoms with Crippen LogP contribution in [0.4, 0.5) is 0 Å². The first-order valence-electron chi connectivity index (χ1n) is 4.97. The smallest absolute Gasteiger partial charge is 0.104 e. The Morgan fingerprint density at radius 2 is 2.21 bits per heavy atom. The molecule has 0 aliphatic heterocycles. The van der Waals surface area contributed by atoms with Crippen molar-refractivity contribution >= 4 is 15.9 Å². The molecule has 1 atom stereocenters. The van der Waals surface area contributed by atoms with E-state index in [9.17, 15) is 5.11 Å². The fraction of sp³-hybridized carbons (Fsp3) is 0.700. The standard InChI is InChI=1S/C10H17BrN2O/c1-4-6-13-9(8(11)7-12-13)10(3,14)5-2/h7,14H,4-6H2,1-3H3. The molecule has 1 rings (SSSR count). The summed E-state index contributed by atoms with van der Waals surface area (Å²) in [5.41, 5.74) is 0.0756. The second-order valence-electron chi connectivity index (χ2n) is 3.69. The first-order chi connectivity index (χ1) is 6.53. The number of rotatable bonds is 4. The van der Waals surface area contributed by atoms with E-state index in [1.165, 1.54) is 0 Å². The Hall–Kier alpha value is -0.350. The van der Waals surface area contributed by atoms with Crippen molar-refractivity contribution in [2.75, 3.05) is 0 Å². The average molecular weight is 261 g/mol. The highest BCUT2D eigenvalue weighted by Gasteiger charge is 2.27. The van der Waals surface area contributed by atoms with E-state index in [4.69, 9.17) is 0 Å². The highest BCUT2D eigenvalue weighted by Crippen LogP contribution is 2.30. The van der Waals surface area contributed by atoms with Crippen LogP contribution < -0.4 is 0 Å². The van der Waals surface area contributed by atoms with Gasteiger partial charge in [0.15, 0.2) is 0 Å².